The van der Waals surface area contributed by atoms with Gasteiger partial charge in [-0.1, -0.05) is 0 Å². The number of hydrogen-bond donors (Lipinski definition) is 1. The molecule has 1 aromatic rings. The Labute approximate surface area is 159 Å². The molecule has 3 heterocycles. The van der Waals surface area contributed by atoms with Gasteiger partial charge in [-0.25, -0.2) is 9.97 Å². The van der Waals surface area contributed by atoms with Crippen molar-refractivity contribution in [2.24, 2.45) is 10.7 Å². The normalized spacial score (nSPS) is 25.3. The van der Waals surface area contributed by atoms with E-state index < -0.39 is 0 Å². The lowest BCUT2D eigenvalue weighted by Gasteiger charge is -2.35. The van der Waals surface area contributed by atoms with Crippen LogP contribution in [0.25, 0.3) is 0 Å². The van der Waals surface area contributed by atoms with Crippen molar-refractivity contribution < 1.29 is 0 Å². The Morgan fingerprint density at radius 3 is 2.61 bits per heavy atom. The Bertz CT molecular complexity index is 512. The highest BCUT2D eigenvalue weighted by molar-refractivity contribution is 14.0. The van der Waals surface area contributed by atoms with Gasteiger partial charge in [0.15, 0.2) is 5.96 Å². The molecule has 0 bridgehead atoms. The molecule has 0 spiro atoms. The number of thioether (sulfide) groups is 1. The zero-order valence-electron chi connectivity index (χ0n) is 13.5. The van der Waals surface area contributed by atoms with Gasteiger partial charge in [-0.05, 0) is 31.6 Å². The average molecular weight is 448 g/mol. The summed E-state index contributed by atoms with van der Waals surface area (Å²) in [6.45, 7) is 6.63. The first kappa shape index (κ1) is 18.6. The van der Waals surface area contributed by atoms with Crippen molar-refractivity contribution in [3.8, 4) is 0 Å². The van der Waals surface area contributed by atoms with Crippen LogP contribution < -0.4 is 10.6 Å². The standard InChI is InChI=1S/C15H24N6S.HI/c1-15(4-2-11-22-15)12-19-13(16)20-7-9-21(10-8-20)14-17-5-3-6-18-14;/h3,5-6H,2,4,7-12H2,1H3,(H2,16,19);1H. The summed E-state index contributed by atoms with van der Waals surface area (Å²) in [5.41, 5.74) is 6.19. The quantitative estimate of drug-likeness (QED) is 0.432. The first-order valence-corrected chi connectivity index (χ1v) is 8.86. The van der Waals surface area contributed by atoms with E-state index in [9.17, 15) is 0 Å². The van der Waals surface area contributed by atoms with Crippen molar-refractivity contribution in [3.05, 3.63) is 18.5 Å². The summed E-state index contributed by atoms with van der Waals surface area (Å²) in [7, 11) is 0. The van der Waals surface area contributed by atoms with Crippen LogP contribution in [0, 0.1) is 0 Å². The molecule has 2 aliphatic rings. The van der Waals surface area contributed by atoms with Crippen LogP contribution in [0.5, 0.6) is 0 Å². The molecule has 2 fully saturated rings. The van der Waals surface area contributed by atoms with Crippen LogP contribution >= 0.6 is 35.7 Å². The van der Waals surface area contributed by atoms with Gasteiger partial charge in [0.05, 0.1) is 6.54 Å². The molecular weight excluding hydrogens is 423 g/mol. The molecule has 1 unspecified atom stereocenters. The van der Waals surface area contributed by atoms with Crippen molar-refractivity contribution in [3.63, 3.8) is 0 Å². The predicted octanol–water partition coefficient (Wildman–Crippen LogP) is 1.82. The number of anilines is 1. The summed E-state index contributed by atoms with van der Waals surface area (Å²) >= 11 is 2.03. The lowest BCUT2D eigenvalue weighted by molar-refractivity contribution is 0.377. The van der Waals surface area contributed by atoms with E-state index in [1.165, 1.54) is 18.6 Å². The molecule has 2 saturated heterocycles. The van der Waals surface area contributed by atoms with Crippen molar-refractivity contribution in [1.82, 2.24) is 14.9 Å². The van der Waals surface area contributed by atoms with Gasteiger partial charge in [-0.2, -0.15) is 11.8 Å². The summed E-state index contributed by atoms with van der Waals surface area (Å²) < 4.78 is 0.282. The molecule has 128 valence electrons. The van der Waals surface area contributed by atoms with Gasteiger partial charge in [0.25, 0.3) is 0 Å². The third kappa shape index (κ3) is 4.85. The third-order valence-corrected chi connectivity index (χ3v) is 5.84. The van der Waals surface area contributed by atoms with Crippen LogP contribution in [0.2, 0.25) is 0 Å². The molecule has 8 heteroatoms. The summed E-state index contributed by atoms with van der Waals surface area (Å²) in [5, 5.41) is 0. The summed E-state index contributed by atoms with van der Waals surface area (Å²) in [4.78, 5) is 17.6. The molecule has 1 aromatic heterocycles. The minimum Gasteiger partial charge on any atom is -0.370 e. The monoisotopic (exact) mass is 448 g/mol. The Hall–Kier alpha value is -0.770. The van der Waals surface area contributed by atoms with Gasteiger partial charge in [0.2, 0.25) is 5.95 Å². The summed E-state index contributed by atoms with van der Waals surface area (Å²) in [6, 6.07) is 1.84. The molecule has 0 aliphatic carbocycles. The fourth-order valence-electron chi connectivity index (χ4n) is 2.90. The molecular formula is C15H25IN6S. The number of aromatic nitrogens is 2. The van der Waals surface area contributed by atoms with E-state index in [1.807, 2.05) is 17.8 Å². The number of rotatable bonds is 3. The highest BCUT2D eigenvalue weighted by Crippen LogP contribution is 2.37. The Kier molecular flexibility index (Phi) is 6.75. The van der Waals surface area contributed by atoms with Gasteiger partial charge in [0, 0.05) is 43.3 Å². The molecule has 0 saturated carbocycles. The van der Waals surface area contributed by atoms with Crippen molar-refractivity contribution in [2.75, 3.05) is 43.4 Å². The smallest absolute Gasteiger partial charge is 0.225 e. The van der Waals surface area contributed by atoms with Crippen LogP contribution in [-0.4, -0.2) is 64.1 Å². The fraction of sp³-hybridized carbons (Fsp3) is 0.667. The van der Waals surface area contributed by atoms with Crippen molar-refractivity contribution >= 4 is 47.6 Å². The molecule has 0 amide bonds. The van der Waals surface area contributed by atoms with E-state index in [0.29, 0.717) is 5.96 Å². The van der Waals surface area contributed by atoms with Crippen LogP contribution in [0.15, 0.2) is 23.5 Å². The highest BCUT2D eigenvalue weighted by atomic mass is 127. The number of nitrogens with two attached hydrogens (primary N) is 1. The first-order chi connectivity index (χ1) is 10.7. The largest absolute Gasteiger partial charge is 0.370 e. The van der Waals surface area contributed by atoms with E-state index >= 15 is 0 Å². The van der Waals surface area contributed by atoms with Crippen molar-refractivity contribution in [1.29, 1.82) is 0 Å². The molecule has 0 radical (unpaired) electrons. The highest BCUT2D eigenvalue weighted by Gasteiger charge is 2.29. The van der Waals surface area contributed by atoms with Gasteiger partial charge in [0.1, 0.15) is 0 Å². The third-order valence-electron chi connectivity index (χ3n) is 4.31. The van der Waals surface area contributed by atoms with Gasteiger partial charge in [-0.3, -0.25) is 4.99 Å². The maximum absolute atomic E-state index is 6.19. The zero-order valence-corrected chi connectivity index (χ0v) is 16.7. The Balaban J connectivity index is 0.00000192. The van der Waals surface area contributed by atoms with E-state index in [2.05, 4.69) is 31.7 Å². The Morgan fingerprint density at radius 1 is 1.30 bits per heavy atom. The minimum atomic E-state index is 0. The maximum Gasteiger partial charge on any atom is 0.225 e. The molecule has 1 atom stereocenters. The molecule has 0 aromatic carbocycles. The average Bonchev–Trinajstić information content (AvgIpc) is 3.01. The Morgan fingerprint density at radius 2 is 2.00 bits per heavy atom. The van der Waals surface area contributed by atoms with E-state index in [-0.39, 0.29) is 28.7 Å². The van der Waals surface area contributed by atoms with E-state index in [1.54, 1.807) is 12.4 Å². The number of hydrogen-bond acceptors (Lipinski definition) is 5. The fourth-order valence-corrected chi connectivity index (χ4v) is 4.13. The summed E-state index contributed by atoms with van der Waals surface area (Å²) in [5.74, 6) is 2.73. The molecule has 2 aliphatic heterocycles. The minimum absolute atomic E-state index is 0. The predicted molar refractivity (Wildman–Crippen MR) is 108 cm³/mol. The summed E-state index contributed by atoms with van der Waals surface area (Å²) in [6.07, 6.45) is 6.11. The first-order valence-electron chi connectivity index (χ1n) is 7.87. The topological polar surface area (TPSA) is 70.6 Å². The zero-order chi connectivity index (χ0) is 15.4. The number of guanidine groups is 1. The van der Waals surface area contributed by atoms with Crippen LogP contribution in [0.3, 0.4) is 0 Å². The second-order valence-electron chi connectivity index (χ2n) is 6.10. The maximum atomic E-state index is 6.19. The molecule has 23 heavy (non-hydrogen) atoms. The molecule has 2 N–H and O–H groups in total. The number of aliphatic imine (C=N–C) groups is 1. The van der Waals surface area contributed by atoms with Gasteiger partial charge < -0.3 is 15.5 Å². The van der Waals surface area contributed by atoms with Gasteiger partial charge in [-0.15, -0.1) is 24.0 Å². The van der Waals surface area contributed by atoms with E-state index in [4.69, 9.17) is 5.73 Å². The molecule has 6 nitrogen and oxygen atoms in total. The second-order valence-corrected chi connectivity index (χ2v) is 7.78. The lowest BCUT2D eigenvalue weighted by atomic mass is 10.1. The SMILES string of the molecule is CC1(CN=C(N)N2CCN(c3ncccn3)CC2)CCCS1.I. The number of piperazine rings is 1. The van der Waals surface area contributed by atoms with Crippen LogP contribution in [0.1, 0.15) is 19.8 Å². The van der Waals surface area contributed by atoms with Crippen LogP contribution in [-0.2, 0) is 0 Å². The lowest BCUT2D eigenvalue weighted by Crippen LogP contribution is -2.51. The molecule has 3 rings (SSSR count). The number of nitrogens with zero attached hydrogens (tertiary/aromatic N) is 5. The second kappa shape index (κ2) is 8.36. The van der Waals surface area contributed by atoms with Crippen LogP contribution in [0.4, 0.5) is 5.95 Å². The van der Waals surface area contributed by atoms with Gasteiger partial charge >= 0.3 is 0 Å². The van der Waals surface area contributed by atoms with E-state index in [0.717, 1.165) is 38.7 Å². The number of halogens is 1. The van der Waals surface area contributed by atoms with Crippen molar-refractivity contribution in [2.45, 2.75) is 24.5 Å².